The third kappa shape index (κ3) is 1.74. The van der Waals surface area contributed by atoms with Crippen molar-refractivity contribution in [2.75, 3.05) is 5.32 Å². The van der Waals surface area contributed by atoms with Crippen LogP contribution in [0.15, 0.2) is 28.2 Å². The number of fused-ring (bicyclic) bond motifs is 1. The van der Waals surface area contributed by atoms with Gasteiger partial charge in [0, 0.05) is 4.47 Å². The average Bonchev–Trinajstić information content (AvgIpc) is 2.90. The molecule has 82 valence electrons. The monoisotopic (exact) mass is 295 g/mol. The Hall–Kier alpha value is -0.940. The molecule has 2 aromatic rings. The maximum absolute atomic E-state index is 4.02. The maximum atomic E-state index is 4.02. The molecule has 3 nitrogen and oxygen atoms in total. The fourth-order valence-corrected chi connectivity index (χ4v) is 3.22. The summed E-state index contributed by atoms with van der Waals surface area (Å²) in [5.74, 6) is 0. The molecular weight excluding hydrogens is 286 g/mol. The molecule has 1 aliphatic rings. The molecule has 0 saturated carbocycles. The zero-order valence-corrected chi connectivity index (χ0v) is 10.9. The first kappa shape index (κ1) is 10.2. The fourth-order valence-electron chi connectivity index (χ4n) is 2.14. The minimum atomic E-state index is 0.375. The Bertz CT molecular complexity index is 498. The molecule has 1 unspecified atom stereocenters. The summed E-state index contributed by atoms with van der Waals surface area (Å²) in [6, 6.07) is 6.75. The molecule has 16 heavy (non-hydrogen) atoms. The van der Waals surface area contributed by atoms with Gasteiger partial charge >= 0.3 is 0 Å². The SMILES string of the molecule is Brc1cccc2c1CCC2Nc1nncs1. The molecule has 0 aliphatic heterocycles. The van der Waals surface area contributed by atoms with Crippen molar-refractivity contribution in [2.24, 2.45) is 0 Å². The summed E-state index contributed by atoms with van der Waals surface area (Å²) in [6.07, 6.45) is 2.24. The van der Waals surface area contributed by atoms with Gasteiger partial charge in [0.15, 0.2) is 0 Å². The molecule has 0 spiro atoms. The summed E-state index contributed by atoms with van der Waals surface area (Å²) in [7, 11) is 0. The van der Waals surface area contributed by atoms with Crippen molar-refractivity contribution in [3.8, 4) is 0 Å². The molecular formula is C11H10BrN3S. The smallest absolute Gasteiger partial charge is 0.205 e. The summed E-state index contributed by atoms with van der Waals surface area (Å²) in [4.78, 5) is 0. The predicted molar refractivity (Wildman–Crippen MR) is 68.7 cm³/mol. The van der Waals surface area contributed by atoms with E-state index in [2.05, 4.69) is 49.6 Å². The van der Waals surface area contributed by atoms with Gasteiger partial charge in [-0.3, -0.25) is 0 Å². The van der Waals surface area contributed by atoms with Crippen LogP contribution in [-0.2, 0) is 6.42 Å². The third-order valence-electron chi connectivity index (χ3n) is 2.87. The van der Waals surface area contributed by atoms with Gasteiger partial charge in [-0.25, -0.2) is 0 Å². The number of aromatic nitrogens is 2. The first-order chi connectivity index (χ1) is 7.84. The number of rotatable bonds is 2. The number of anilines is 1. The molecule has 1 heterocycles. The van der Waals surface area contributed by atoms with E-state index in [0.29, 0.717) is 6.04 Å². The van der Waals surface area contributed by atoms with Crippen LogP contribution >= 0.6 is 27.3 Å². The summed E-state index contributed by atoms with van der Waals surface area (Å²) in [5, 5.41) is 12.2. The van der Waals surface area contributed by atoms with E-state index in [1.54, 1.807) is 16.8 Å². The van der Waals surface area contributed by atoms with Crippen LogP contribution in [0.1, 0.15) is 23.6 Å². The number of halogens is 1. The van der Waals surface area contributed by atoms with E-state index in [4.69, 9.17) is 0 Å². The van der Waals surface area contributed by atoms with Crippen LogP contribution in [-0.4, -0.2) is 10.2 Å². The Morgan fingerprint density at radius 2 is 2.38 bits per heavy atom. The van der Waals surface area contributed by atoms with Crippen molar-refractivity contribution in [2.45, 2.75) is 18.9 Å². The second-order valence-electron chi connectivity index (χ2n) is 3.79. The summed E-state index contributed by atoms with van der Waals surface area (Å²) in [5.41, 5.74) is 4.55. The van der Waals surface area contributed by atoms with Crippen molar-refractivity contribution in [3.05, 3.63) is 39.3 Å². The zero-order valence-electron chi connectivity index (χ0n) is 8.48. The lowest BCUT2D eigenvalue weighted by Gasteiger charge is -2.12. The van der Waals surface area contributed by atoms with E-state index >= 15 is 0 Å². The molecule has 3 rings (SSSR count). The lowest BCUT2D eigenvalue weighted by molar-refractivity contribution is 0.758. The van der Waals surface area contributed by atoms with Gasteiger partial charge in [0.25, 0.3) is 0 Å². The molecule has 0 fully saturated rings. The summed E-state index contributed by atoms with van der Waals surface area (Å²) in [6.45, 7) is 0. The minimum absolute atomic E-state index is 0.375. The molecule has 0 radical (unpaired) electrons. The van der Waals surface area contributed by atoms with Gasteiger partial charge < -0.3 is 5.32 Å². The van der Waals surface area contributed by atoms with Crippen molar-refractivity contribution >= 4 is 32.4 Å². The van der Waals surface area contributed by atoms with Crippen LogP contribution in [0.5, 0.6) is 0 Å². The van der Waals surface area contributed by atoms with E-state index in [1.165, 1.54) is 15.6 Å². The normalized spacial score (nSPS) is 18.4. The van der Waals surface area contributed by atoms with Crippen LogP contribution in [0.4, 0.5) is 5.13 Å². The van der Waals surface area contributed by atoms with Gasteiger partial charge in [-0.15, -0.1) is 10.2 Å². The van der Waals surface area contributed by atoms with E-state index in [1.807, 2.05) is 0 Å². The van der Waals surface area contributed by atoms with E-state index < -0.39 is 0 Å². The van der Waals surface area contributed by atoms with Gasteiger partial charge in [0.2, 0.25) is 5.13 Å². The number of nitrogens with zero attached hydrogens (tertiary/aromatic N) is 2. The number of nitrogens with one attached hydrogen (secondary N) is 1. The summed E-state index contributed by atoms with van der Waals surface area (Å²) >= 11 is 5.14. The molecule has 0 bridgehead atoms. The lowest BCUT2D eigenvalue weighted by atomic mass is 10.1. The first-order valence-electron chi connectivity index (χ1n) is 5.14. The number of hydrogen-bond donors (Lipinski definition) is 1. The molecule has 0 saturated heterocycles. The largest absolute Gasteiger partial charge is 0.353 e. The second-order valence-corrected chi connectivity index (χ2v) is 5.47. The van der Waals surface area contributed by atoms with Crippen LogP contribution in [0, 0.1) is 0 Å². The standard InChI is InChI=1S/C11H10BrN3S/c12-9-3-1-2-8-7(9)4-5-10(8)14-11-15-13-6-16-11/h1-3,6,10H,4-5H2,(H,14,15). The Balaban J connectivity index is 1.89. The van der Waals surface area contributed by atoms with Crippen molar-refractivity contribution in [1.29, 1.82) is 0 Å². The highest BCUT2D eigenvalue weighted by molar-refractivity contribution is 9.10. The maximum Gasteiger partial charge on any atom is 0.205 e. The Morgan fingerprint density at radius 1 is 1.44 bits per heavy atom. The Labute approximate surface area is 106 Å². The summed E-state index contributed by atoms with van der Waals surface area (Å²) < 4.78 is 1.21. The third-order valence-corrected chi connectivity index (χ3v) is 4.24. The van der Waals surface area contributed by atoms with Gasteiger partial charge in [-0.2, -0.15) is 0 Å². The van der Waals surface area contributed by atoms with Crippen molar-refractivity contribution in [1.82, 2.24) is 10.2 Å². The van der Waals surface area contributed by atoms with E-state index in [9.17, 15) is 0 Å². The minimum Gasteiger partial charge on any atom is -0.353 e. The fraction of sp³-hybridized carbons (Fsp3) is 0.273. The van der Waals surface area contributed by atoms with Crippen LogP contribution in [0.25, 0.3) is 0 Å². The predicted octanol–water partition coefficient (Wildman–Crippen LogP) is 3.40. The van der Waals surface area contributed by atoms with Gasteiger partial charge in [-0.1, -0.05) is 39.4 Å². The quantitative estimate of drug-likeness (QED) is 0.923. The molecule has 1 aromatic heterocycles. The van der Waals surface area contributed by atoms with Gasteiger partial charge in [-0.05, 0) is 30.0 Å². The van der Waals surface area contributed by atoms with E-state index in [-0.39, 0.29) is 0 Å². The highest BCUT2D eigenvalue weighted by Crippen LogP contribution is 2.37. The Morgan fingerprint density at radius 3 is 3.19 bits per heavy atom. The van der Waals surface area contributed by atoms with Gasteiger partial charge in [0.1, 0.15) is 5.51 Å². The average molecular weight is 296 g/mol. The number of benzene rings is 1. The molecule has 5 heteroatoms. The van der Waals surface area contributed by atoms with Crippen LogP contribution in [0.2, 0.25) is 0 Å². The first-order valence-corrected chi connectivity index (χ1v) is 6.82. The van der Waals surface area contributed by atoms with Crippen molar-refractivity contribution < 1.29 is 0 Å². The highest BCUT2D eigenvalue weighted by Gasteiger charge is 2.24. The lowest BCUT2D eigenvalue weighted by Crippen LogP contribution is -2.06. The van der Waals surface area contributed by atoms with Gasteiger partial charge in [0.05, 0.1) is 6.04 Å². The molecule has 1 aliphatic carbocycles. The topological polar surface area (TPSA) is 37.8 Å². The molecule has 1 atom stereocenters. The van der Waals surface area contributed by atoms with Crippen LogP contribution in [0.3, 0.4) is 0 Å². The van der Waals surface area contributed by atoms with E-state index in [0.717, 1.165) is 18.0 Å². The number of hydrogen-bond acceptors (Lipinski definition) is 4. The highest BCUT2D eigenvalue weighted by atomic mass is 79.9. The molecule has 0 amide bonds. The van der Waals surface area contributed by atoms with Crippen molar-refractivity contribution in [3.63, 3.8) is 0 Å². The molecule has 1 N–H and O–H groups in total. The zero-order chi connectivity index (χ0) is 11.0. The molecule has 1 aromatic carbocycles. The second kappa shape index (κ2) is 4.14. The van der Waals surface area contributed by atoms with Crippen LogP contribution < -0.4 is 5.32 Å². The Kier molecular flexibility index (Phi) is 2.65.